The normalized spacial score (nSPS) is 17.7. The number of nitrogens with zero attached hydrogens (tertiary/aromatic N) is 2. The fourth-order valence-corrected chi connectivity index (χ4v) is 3.69. The summed E-state index contributed by atoms with van der Waals surface area (Å²) in [7, 11) is 0. The quantitative estimate of drug-likeness (QED) is 0.380. The molecule has 4 rings (SSSR count). The second-order valence-electron chi connectivity index (χ2n) is 7.25. The van der Waals surface area contributed by atoms with Crippen molar-refractivity contribution in [3.63, 3.8) is 0 Å². The van der Waals surface area contributed by atoms with Crippen LogP contribution in [-0.4, -0.2) is 28.4 Å². The Morgan fingerprint density at radius 1 is 1.06 bits per heavy atom. The number of benzene rings is 2. The van der Waals surface area contributed by atoms with Crippen molar-refractivity contribution in [2.45, 2.75) is 19.9 Å². The SMILES string of the molecule is CCOc1ccc([C@@H]2C(=C(O)c3ccc(C)cc3)C(=O)C(=O)N2c2cccnc2)cc1. The lowest BCUT2D eigenvalue weighted by molar-refractivity contribution is -0.132. The molecular weight excluding hydrogens is 392 g/mol. The van der Waals surface area contributed by atoms with Gasteiger partial charge in [-0.1, -0.05) is 42.0 Å². The number of aliphatic hydroxyl groups is 1. The first-order valence-electron chi connectivity index (χ1n) is 10.0. The minimum absolute atomic E-state index is 0.0434. The van der Waals surface area contributed by atoms with Gasteiger partial charge in [-0.3, -0.25) is 19.5 Å². The largest absolute Gasteiger partial charge is 0.507 e. The number of aliphatic hydroxyl groups excluding tert-OH is 1. The van der Waals surface area contributed by atoms with E-state index in [4.69, 9.17) is 4.74 Å². The Hall–Kier alpha value is -3.93. The molecule has 1 aliphatic rings. The van der Waals surface area contributed by atoms with Crippen LogP contribution < -0.4 is 9.64 Å². The number of anilines is 1. The molecule has 6 heteroatoms. The molecule has 1 saturated heterocycles. The molecule has 1 aromatic heterocycles. The molecule has 1 aliphatic heterocycles. The Bertz CT molecular complexity index is 1140. The molecule has 0 radical (unpaired) electrons. The predicted octanol–water partition coefficient (Wildman–Crippen LogP) is 4.42. The molecule has 3 aromatic rings. The number of carbonyl (C=O) groups excluding carboxylic acids is 2. The van der Waals surface area contributed by atoms with Crippen molar-refractivity contribution in [1.29, 1.82) is 0 Å². The molecule has 31 heavy (non-hydrogen) atoms. The van der Waals surface area contributed by atoms with E-state index in [1.807, 2.05) is 26.0 Å². The summed E-state index contributed by atoms with van der Waals surface area (Å²) >= 11 is 0. The van der Waals surface area contributed by atoms with Gasteiger partial charge >= 0.3 is 0 Å². The molecule has 0 bridgehead atoms. The Morgan fingerprint density at radius 3 is 2.39 bits per heavy atom. The first-order chi connectivity index (χ1) is 15.0. The van der Waals surface area contributed by atoms with Crippen LogP contribution in [0.5, 0.6) is 5.75 Å². The molecule has 0 spiro atoms. The van der Waals surface area contributed by atoms with E-state index in [0.717, 1.165) is 5.56 Å². The molecule has 0 aliphatic carbocycles. The fraction of sp³-hybridized carbons (Fsp3) is 0.160. The van der Waals surface area contributed by atoms with E-state index >= 15 is 0 Å². The molecule has 1 fully saturated rings. The van der Waals surface area contributed by atoms with E-state index in [-0.39, 0.29) is 11.3 Å². The number of amides is 1. The average Bonchev–Trinajstić information content (AvgIpc) is 3.06. The van der Waals surface area contributed by atoms with Crippen LogP contribution in [0.2, 0.25) is 0 Å². The number of hydrogen-bond donors (Lipinski definition) is 1. The van der Waals surface area contributed by atoms with Crippen LogP contribution in [0.4, 0.5) is 5.69 Å². The highest BCUT2D eigenvalue weighted by molar-refractivity contribution is 6.51. The van der Waals surface area contributed by atoms with Crippen LogP contribution in [0.25, 0.3) is 5.76 Å². The number of aromatic nitrogens is 1. The van der Waals surface area contributed by atoms with Crippen LogP contribution >= 0.6 is 0 Å². The van der Waals surface area contributed by atoms with Crippen molar-refractivity contribution in [3.8, 4) is 5.75 Å². The zero-order valence-electron chi connectivity index (χ0n) is 17.3. The third-order valence-corrected chi connectivity index (χ3v) is 5.20. The molecule has 1 N–H and O–H groups in total. The maximum absolute atomic E-state index is 13.1. The molecule has 0 saturated carbocycles. The lowest BCUT2D eigenvalue weighted by Crippen LogP contribution is -2.29. The Kier molecular flexibility index (Phi) is 5.54. The van der Waals surface area contributed by atoms with Gasteiger partial charge in [0.2, 0.25) is 0 Å². The minimum atomic E-state index is -0.791. The van der Waals surface area contributed by atoms with Gasteiger partial charge in [0.1, 0.15) is 11.5 Å². The summed E-state index contributed by atoms with van der Waals surface area (Å²) in [6.45, 7) is 4.36. The summed E-state index contributed by atoms with van der Waals surface area (Å²) in [4.78, 5) is 31.6. The van der Waals surface area contributed by atoms with Gasteiger partial charge < -0.3 is 9.84 Å². The second kappa shape index (κ2) is 8.44. The van der Waals surface area contributed by atoms with Gasteiger partial charge in [-0.25, -0.2) is 0 Å². The van der Waals surface area contributed by atoms with Crippen LogP contribution in [0.1, 0.15) is 29.7 Å². The Labute approximate surface area is 180 Å². The molecule has 1 amide bonds. The molecule has 1 atom stereocenters. The van der Waals surface area contributed by atoms with Crippen molar-refractivity contribution in [3.05, 3.63) is 95.3 Å². The second-order valence-corrected chi connectivity index (χ2v) is 7.25. The Morgan fingerprint density at radius 2 is 1.77 bits per heavy atom. The minimum Gasteiger partial charge on any atom is -0.507 e. The molecule has 156 valence electrons. The highest BCUT2D eigenvalue weighted by Gasteiger charge is 2.47. The zero-order chi connectivity index (χ0) is 22.0. The molecular formula is C25H22N2O4. The van der Waals surface area contributed by atoms with Gasteiger partial charge in [-0.05, 0) is 43.7 Å². The molecule has 2 heterocycles. The van der Waals surface area contributed by atoms with Crippen molar-refractivity contribution in [1.82, 2.24) is 4.98 Å². The third-order valence-electron chi connectivity index (χ3n) is 5.20. The first-order valence-corrected chi connectivity index (χ1v) is 10.0. The Balaban J connectivity index is 1.89. The number of ketones is 1. The number of aryl methyl sites for hydroxylation is 1. The highest BCUT2D eigenvalue weighted by atomic mass is 16.5. The van der Waals surface area contributed by atoms with Crippen molar-refractivity contribution in [2.24, 2.45) is 0 Å². The summed E-state index contributed by atoms with van der Waals surface area (Å²) in [5, 5.41) is 11.1. The zero-order valence-corrected chi connectivity index (χ0v) is 17.3. The van der Waals surface area contributed by atoms with Crippen LogP contribution in [0.15, 0.2) is 78.6 Å². The number of hydrogen-bond acceptors (Lipinski definition) is 5. The smallest absolute Gasteiger partial charge is 0.300 e. The maximum Gasteiger partial charge on any atom is 0.300 e. The number of ether oxygens (including phenoxy) is 1. The van der Waals surface area contributed by atoms with Crippen molar-refractivity contribution >= 4 is 23.1 Å². The lowest BCUT2D eigenvalue weighted by atomic mass is 9.95. The van der Waals surface area contributed by atoms with Gasteiger partial charge in [0.15, 0.2) is 0 Å². The maximum atomic E-state index is 13.1. The van der Waals surface area contributed by atoms with E-state index in [2.05, 4.69) is 4.98 Å². The summed E-state index contributed by atoms with van der Waals surface area (Å²) in [6, 6.07) is 16.9. The van der Waals surface area contributed by atoms with Gasteiger partial charge in [0.05, 0.1) is 30.1 Å². The van der Waals surface area contributed by atoms with E-state index in [9.17, 15) is 14.7 Å². The van der Waals surface area contributed by atoms with Gasteiger partial charge in [0, 0.05) is 11.8 Å². The first kappa shape index (κ1) is 20.3. The van der Waals surface area contributed by atoms with E-state index < -0.39 is 17.7 Å². The molecule has 6 nitrogen and oxygen atoms in total. The van der Waals surface area contributed by atoms with E-state index in [1.54, 1.807) is 54.7 Å². The monoisotopic (exact) mass is 414 g/mol. The molecule has 2 aromatic carbocycles. The van der Waals surface area contributed by atoms with E-state index in [0.29, 0.717) is 29.2 Å². The average molecular weight is 414 g/mol. The van der Waals surface area contributed by atoms with Gasteiger partial charge in [-0.2, -0.15) is 0 Å². The summed E-state index contributed by atoms with van der Waals surface area (Å²) in [5.74, 6) is -0.965. The number of Topliss-reactive ketones (excluding diaryl/α,β-unsaturated/α-hetero) is 1. The van der Waals surface area contributed by atoms with Crippen molar-refractivity contribution in [2.75, 3.05) is 11.5 Å². The number of rotatable bonds is 5. The van der Waals surface area contributed by atoms with Crippen LogP contribution in [0.3, 0.4) is 0 Å². The van der Waals surface area contributed by atoms with Gasteiger partial charge in [0.25, 0.3) is 11.7 Å². The highest BCUT2D eigenvalue weighted by Crippen LogP contribution is 2.42. The van der Waals surface area contributed by atoms with E-state index in [1.165, 1.54) is 11.1 Å². The van der Waals surface area contributed by atoms with Crippen LogP contribution in [0, 0.1) is 6.92 Å². The third kappa shape index (κ3) is 3.80. The molecule has 0 unspecified atom stereocenters. The standard InChI is InChI=1S/C25H22N2O4/c1-3-31-20-12-10-17(11-13-20)22-21(23(28)18-8-6-16(2)7-9-18)24(29)25(30)27(22)19-5-4-14-26-15-19/h4-15,22,28H,3H2,1-2H3/t22-/m1/s1. The number of carbonyl (C=O) groups is 2. The predicted molar refractivity (Wildman–Crippen MR) is 118 cm³/mol. The lowest BCUT2D eigenvalue weighted by Gasteiger charge is -2.25. The van der Waals surface area contributed by atoms with Crippen molar-refractivity contribution < 1.29 is 19.4 Å². The fourth-order valence-electron chi connectivity index (χ4n) is 3.69. The summed E-state index contributed by atoms with van der Waals surface area (Å²) in [6.07, 6.45) is 3.12. The topological polar surface area (TPSA) is 79.7 Å². The van der Waals surface area contributed by atoms with Crippen LogP contribution in [-0.2, 0) is 9.59 Å². The summed E-state index contributed by atoms with van der Waals surface area (Å²) in [5.41, 5.74) is 2.70. The number of pyridine rings is 1. The summed E-state index contributed by atoms with van der Waals surface area (Å²) < 4.78 is 5.51. The van der Waals surface area contributed by atoms with Gasteiger partial charge in [-0.15, -0.1) is 0 Å².